The predicted octanol–water partition coefficient (Wildman–Crippen LogP) is 3.93. The van der Waals surface area contributed by atoms with Gasteiger partial charge in [-0.1, -0.05) is 11.6 Å². The molecule has 0 saturated heterocycles. The van der Waals surface area contributed by atoms with Crippen LogP contribution in [0.5, 0.6) is 5.75 Å². The molecule has 0 unspecified atom stereocenters. The van der Waals surface area contributed by atoms with Crippen LogP contribution in [-0.2, 0) is 0 Å². The van der Waals surface area contributed by atoms with E-state index in [9.17, 15) is 30.6 Å². The second-order valence-corrected chi connectivity index (χ2v) is 5.03. The predicted molar refractivity (Wildman–Crippen MR) is 86.4 cm³/mol. The molecule has 0 amide bonds. The van der Waals surface area contributed by atoms with Crippen molar-refractivity contribution in [2.75, 3.05) is 0 Å². The molecule has 0 aliphatic rings. The Morgan fingerprint density at radius 3 is 2.29 bits per heavy atom. The second-order valence-electron chi connectivity index (χ2n) is 4.59. The molecule has 0 aliphatic carbocycles. The first-order valence-electron chi connectivity index (χ1n) is 6.37. The zero-order valence-corrected chi connectivity index (χ0v) is 12.6. The first kappa shape index (κ1) is 16.9. The highest BCUT2D eigenvalue weighted by molar-refractivity contribution is 6.31. The molecule has 0 spiro atoms. The lowest BCUT2D eigenvalue weighted by atomic mass is 10.0. The number of nitro groups is 2. The van der Waals surface area contributed by atoms with Gasteiger partial charge in [-0.2, -0.15) is 5.26 Å². The van der Waals surface area contributed by atoms with E-state index in [-0.39, 0.29) is 21.8 Å². The zero-order valence-electron chi connectivity index (χ0n) is 11.8. The Kier molecular flexibility index (Phi) is 4.77. The van der Waals surface area contributed by atoms with Gasteiger partial charge in [0, 0.05) is 28.8 Å². The van der Waals surface area contributed by atoms with E-state index in [0.717, 1.165) is 6.07 Å². The molecule has 0 saturated carbocycles. The Labute approximate surface area is 140 Å². The normalized spacial score (nSPS) is 10.9. The van der Waals surface area contributed by atoms with Crippen LogP contribution in [0.2, 0.25) is 5.02 Å². The minimum atomic E-state index is -0.795. The van der Waals surface area contributed by atoms with E-state index in [0.29, 0.717) is 5.56 Å². The van der Waals surface area contributed by atoms with Gasteiger partial charge in [-0.15, -0.1) is 0 Å². The van der Waals surface area contributed by atoms with Gasteiger partial charge in [0.1, 0.15) is 0 Å². The van der Waals surface area contributed by atoms with Gasteiger partial charge in [0.05, 0.1) is 21.5 Å². The molecule has 24 heavy (non-hydrogen) atoms. The van der Waals surface area contributed by atoms with E-state index >= 15 is 0 Å². The third-order valence-corrected chi connectivity index (χ3v) is 3.31. The van der Waals surface area contributed by atoms with Gasteiger partial charge in [-0.05, 0) is 29.8 Å². The Bertz CT molecular complexity index is 901. The first-order chi connectivity index (χ1) is 11.3. The number of rotatable bonds is 4. The van der Waals surface area contributed by atoms with Crippen LogP contribution < -0.4 is 0 Å². The molecule has 120 valence electrons. The summed E-state index contributed by atoms with van der Waals surface area (Å²) in [6, 6.07) is 9.32. The van der Waals surface area contributed by atoms with E-state index in [4.69, 9.17) is 11.6 Å². The van der Waals surface area contributed by atoms with Crippen molar-refractivity contribution in [3.05, 3.63) is 72.8 Å². The molecule has 0 aromatic heterocycles. The molecular formula is C15H8ClN3O5. The first-order valence-corrected chi connectivity index (χ1v) is 6.75. The van der Waals surface area contributed by atoms with Crippen molar-refractivity contribution in [2.45, 2.75) is 0 Å². The number of non-ortho nitro benzene ring substituents is 1. The summed E-state index contributed by atoms with van der Waals surface area (Å²) in [5, 5.41) is 40.8. The monoisotopic (exact) mass is 345 g/mol. The molecule has 0 heterocycles. The van der Waals surface area contributed by atoms with Gasteiger partial charge >= 0.3 is 5.69 Å². The molecule has 0 atom stereocenters. The number of phenols is 1. The summed E-state index contributed by atoms with van der Waals surface area (Å²) in [5.74, 6) is -0.626. The molecular weight excluding hydrogens is 338 g/mol. The Morgan fingerprint density at radius 2 is 1.79 bits per heavy atom. The third kappa shape index (κ3) is 3.48. The van der Waals surface area contributed by atoms with Crippen molar-refractivity contribution in [3.8, 4) is 11.8 Å². The largest absolute Gasteiger partial charge is 0.502 e. The quantitative estimate of drug-likeness (QED) is 0.386. The number of phenolic OH excluding ortho intramolecular Hbond substituents is 1. The van der Waals surface area contributed by atoms with E-state index in [2.05, 4.69) is 0 Å². The number of nitro benzene ring substituents is 2. The number of benzene rings is 2. The molecule has 2 aromatic rings. The van der Waals surface area contributed by atoms with Gasteiger partial charge in [-0.25, -0.2) is 0 Å². The standard InChI is InChI=1S/C15H8ClN3O5/c16-12-6-10(15(20)14(7-12)19(23)24)5-11(8-17)9-1-3-13(4-2-9)18(21)22/h1-7,20H/b11-5-. The molecule has 0 fully saturated rings. The number of hydrogen-bond donors (Lipinski definition) is 1. The van der Waals surface area contributed by atoms with Crippen molar-refractivity contribution in [1.82, 2.24) is 0 Å². The molecule has 0 aliphatic heterocycles. The van der Waals surface area contributed by atoms with Crippen molar-refractivity contribution in [2.24, 2.45) is 0 Å². The maximum absolute atomic E-state index is 10.9. The zero-order chi connectivity index (χ0) is 17.9. The van der Waals surface area contributed by atoms with Crippen LogP contribution in [0.1, 0.15) is 11.1 Å². The number of aromatic hydroxyl groups is 1. The minimum absolute atomic E-state index is 0.0101. The number of hydrogen-bond acceptors (Lipinski definition) is 6. The Morgan fingerprint density at radius 1 is 1.17 bits per heavy atom. The van der Waals surface area contributed by atoms with E-state index in [1.54, 1.807) is 0 Å². The molecule has 1 N–H and O–H groups in total. The lowest BCUT2D eigenvalue weighted by Gasteiger charge is -2.04. The van der Waals surface area contributed by atoms with Crippen molar-refractivity contribution in [1.29, 1.82) is 5.26 Å². The molecule has 0 radical (unpaired) electrons. The summed E-state index contributed by atoms with van der Waals surface area (Å²) in [5.41, 5.74) is -0.335. The maximum atomic E-state index is 10.9. The number of halogens is 1. The summed E-state index contributed by atoms with van der Waals surface area (Å²) in [4.78, 5) is 20.2. The van der Waals surface area contributed by atoms with Crippen LogP contribution in [0, 0.1) is 31.6 Å². The summed E-state index contributed by atoms with van der Waals surface area (Å²) in [7, 11) is 0. The fraction of sp³-hybridized carbons (Fsp3) is 0. The van der Waals surface area contributed by atoms with Gasteiger partial charge in [0.2, 0.25) is 5.75 Å². The molecule has 2 aromatic carbocycles. The van der Waals surface area contributed by atoms with Crippen LogP contribution in [0.25, 0.3) is 11.6 Å². The summed E-state index contributed by atoms with van der Waals surface area (Å²) >= 11 is 5.79. The summed E-state index contributed by atoms with van der Waals surface area (Å²) in [6.07, 6.45) is 1.22. The summed E-state index contributed by atoms with van der Waals surface area (Å²) < 4.78 is 0. The van der Waals surface area contributed by atoms with Crippen LogP contribution in [0.4, 0.5) is 11.4 Å². The smallest absolute Gasteiger partial charge is 0.312 e. The van der Waals surface area contributed by atoms with E-state index in [1.165, 1.54) is 36.4 Å². The van der Waals surface area contributed by atoms with Gasteiger partial charge in [0.15, 0.2) is 0 Å². The molecule has 2 rings (SSSR count). The maximum Gasteiger partial charge on any atom is 0.312 e. The van der Waals surface area contributed by atoms with Crippen molar-refractivity contribution in [3.63, 3.8) is 0 Å². The fourth-order valence-electron chi connectivity index (χ4n) is 1.95. The van der Waals surface area contributed by atoms with Crippen molar-refractivity contribution < 1.29 is 15.0 Å². The second kappa shape index (κ2) is 6.76. The molecule has 0 bridgehead atoms. The molecule has 9 heteroatoms. The summed E-state index contributed by atoms with van der Waals surface area (Å²) in [6.45, 7) is 0. The average molecular weight is 346 g/mol. The van der Waals surface area contributed by atoms with Gasteiger partial charge in [0.25, 0.3) is 5.69 Å². The number of nitrogens with zero attached hydrogens (tertiary/aromatic N) is 3. The van der Waals surface area contributed by atoms with Crippen molar-refractivity contribution >= 4 is 34.6 Å². The highest BCUT2D eigenvalue weighted by atomic mass is 35.5. The SMILES string of the molecule is N#C/C(=C/c1cc(Cl)cc([N+](=O)[O-])c1O)c1ccc([N+](=O)[O-])cc1. The Hall–Kier alpha value is -3.44. The van der Waals surface area contributed by atoms with Gasteiger partial charge < -0.3 is 5.11 Å². The minimum Gasteiger partial charge on any atom is -0.502 e. The van der Waals surface area contributed by atoms with Crippen LogP contribution in [0.15, 0.2) is 36.4 Å². The van der Waals surface area contributed by atoms with E-state index in [1.807, 2.05) is 6.07 Å². The highest BCUT2D eigenvalue weighted by Crippen LogP contribution is 2.35. The molecule has 8 nitrogen and oxygen atoms in total. The van der Waals surface area contributed by atoms with Crippen LogP contribution >= 0.6 is 11.6 Å². The Balaban J connectivity index is 2.54. The van der Waals surface area contributed by atoms with Crippen LogP contribution in [-0.4, -0.2) is 15.0 Å². The average Bonchev–Trinajstić information content (AvgIpc) is 2.55. The topological polar surface area (TPSA) is 130 Å². The van der Waals surface area contributed by atoms with Crippen LogP contribution in [0.3, 0.4) is 0 Å². The third-order valence-electron chi connectivity index (χ3n) is 3.09. The van der Waals surface area contributed by atoms with E-state index < -0.39 is 21.3 Å². The number of allylic oxidation sites excluding steroid dienone is 1. The lowest BCUT2D eigenvalue weighted by Crippen LogP contribution is -1.91. The fourth-order valence-corrected chi connectivity index (χ4v) is 2.17. The lowest BCUT2D eigenvalue weighted by molar-refractivity contribution is -0.385. The highest BCUT2D eigenvalue weighted by Gasteiger charge is 2.18. The number of nitriles is 1. The van der Waals surface area contributed by atoms with Gasteiger partial charge in [-0.3, -0.25) is 20.2 Å².